The Morgan fingerprint density at radius 1 is 1.06 bits per heavy atom. The summed E-state index contributed by atoms with van der Waals surface area (Å²) in [4.78, 5) is 7.83. The highest BCUT2D eigenvalue weighted by molar-refractivity contribution is 5.16. The molecule has 0 bridgehead atoms. The first-order valence-corrected chi connectivity index (χ1v) is 5.03. The third-order valence-electron chi connectivity index (χ3n) is 2.16. The van der Waals surface area contributed by atoms with Gasteiger partial charge in [-0.25, -0.2) is 14.4 Å². The maximum absolute atomic E-state index is 12.9. The highest BCUT2D eigenvalue weighted by Crippen LogP contribution is 2.03. The average Bonchev–Trinajstić information content (AvgIpc) is 2.30. The van der Waals surface area contributed by atoms with Gasteiger partial charge in [-0.15, -0.1) is 0 Å². The van der Waals surface area contributed by atoms with Gasteiger partial charge in [0.1, 0.15) is 12.1 Å². The van der Waals surface area contributed by atoms with E-state index in [0.29, 0.717) is 13.1 Å². The van der Waals surface area contributed by atoms with E-state index in [1.54, 1.807) is 18.5 Å². The molecule has 4 heteroatoms. The Morgan fingerprint density at radius 2 is 1.81 bits per heavy atom. The molecule has 0 fully saturated rings. The van der Waals surface area contributed by atoms with Crippen molar-refractivity contribution in [3.8, 4) is 0 Å². The number of nitrogens with one attached hydrogen (secondary N) is 1. The third kappa shape index (κ3) is 3.10. The summed E-state index contributed by atoms with van der Waals surface area (Å²) in [6.45, 7) is 1.31. The van der Waals surface area contributed by atoms with Gasteiger partial charge >= 0.3 is 0 Å². The van der Waals surface area contributed by atoms with Crippen molar-refractivity contribution in [1.82, 2.24) is 15.3 Å². The summed E-state index contributed by atoms with van der Waals surface area (Å²) in [5.74, 6) is -0.206. The van der Waals surface area contributed by atoms with Gasteiger partial charge in [0.2, 0.25) is 0 Å². The third-order valence-corrected chi connectivity index (χ3v) is 2.16. The Morgan fingerprint density at radius 3 is 2.56 bits per heavy atom. The summed E-state index contributed by atoms with van der Waals surface area (Å²) in [5, 5.41) is 3.20. The number of halogens is 1. The summed E-state index contributed by atoms with van der Waals surface area (Å²) in [6, 6.07) is 6.55. The summed E-state index contributed by atoms with van der Waals surface area (Å²) in [6.07, 6.45) is 5.01. The van der Waals surface area contributed by atoms with Crippen LogP contribution in [-0.2, 0) is 13.1 Å². The van der Waals surface area contributed by atoms with E-state index in [-0.39, 0.29) is 5.82 Å². The largest absolute Gasteiger partial charge is 0.309 e. The molecular weight excluding hydrogens is 205 g/mol. The van der Waals surface area contributed by atoms with Gasteiger partial charge in [0.25, 0.3) is 0 Å². The SMILES string of the molecule is Fc1cccc(CNCc2cncnc2)c1. The minimum atomic E-state index is -0.206. The first kappa shape index (κ1) is 10.7. The molecule has 2 rings (SSSR count). The summed E-state index contributed by atoms with van der Waals surface area (Å²) >= 11 is 0. The summed E-state index contributed by atoms with van der Waals surface area (Å²) in [5.41, 5.74) is 1.94. The Balaban J connectivity index is 1.85. The molecule has 0 radical (unpaired) electrons. The predicted octanol–water partition coefficient (Wildman–Crippen LogP) is 1.91. The second kappa shape index (κ2) is 5.32. The standard InChI is InChI=1S/C12H12FN3/c13-12-3-1-2-10(4-12)5-14-6-11-7-15-9-16-8-11/h1-4,7-9,14H,5-6H2. The van der Waals surface area contributed by atoms with Crippen molar-refractivity contribution in [2.75, 3.05) is 0 Å². The monoisotopic (exact) mass is 217 g/mol. The number of hydrogen-bond donors (Lipinski definition) is 1. The number of nitrogens with zero attached hydrogens (tertiary/aromatic N) is 2. The summed E-state index contributed by atoms with van der Waals surface area (Å²) in [7, 11) is 0. The molecule has 0 saturated carbocycles. The van der Waals surface area contributed by atoms with Crippen LogP contribution in [0.4, 0.5) is 4.39 Å². The van der Waals surface area contributed by atoms with E-state index >= 15 is 0 Å². The molecule has 0 spiro atoms. The molecule has 82 valence electrons. The van der Waals surface area contributed by atoms with Crippen LogP contribution in [0.3, 0.4) is 0 Å². The number of hydrogen-bond acceptors (Lipinski definition) is 3. The predicted molar refractivity (Wildman–Crippen MR) is 59.0 cm³/mol. The first-order chi connectivity index (χ1) is 7.84. The fourth-order valence-corrected chi connectivity index (χ4v) is 1.42. The van der Waals surface area contributed by atoms with Crippen LogP contribution in [0.5, 0.6) is 0 Å². The fourth-order valence-electron chi connectivity index (χ4n) is 1.42. The molecule has 0 unspecified atom stereocenters. The first-order valence-electron chi connectivity index (χ1n) is 5.03. The molecule has 0 atom stereocenters. The average molecular weight is 217 g/mol. The Kier molecular flexibility index (Phi) is 3.56. The van der Waals surface area contributed by atoms with Crippen molar-refractivity contribution < 1.29 is 4.39 Å². The van der Waals surface area contributed by atoms with Crippen molar-refractivity contribution in [1.29, 1.82) is 0 Å². The minimum absolute atomic E-state index is 0.206. The van der Waals surface area contributed by atoms with E-state index in [0.717, 1.165) is 11.1 Å². The zero-order valence-corrected chi connectivity index (χ0v) is 8.73. The van der Waals surface area contributed by atoms with Crippen molar-refractivity contribution >= 4 is 0 Å². The molecular formula is C12H12FN3. The molecule has 1 aromatic carbocycles. The Hall–Kier alpha value is -1.81. The van der Waals surface area contributed by atoms with Gasteiger partial charge < -0.3 is 5.32 Å². The second-order valence-electron chi connectivity index (χ2n) is 3.48. The second-order valence-corrected chi connectivity index (χ2v) is 3.48. The minimum Gasteiger partial charge on any atom is -0.309 e. The van der Waals surface area contributed by atoms with E-state index in [1.807, 2.05) is 6.07 Å². The van der Waals surface area contributed by atoms with Crippen LogP contribution in [0.15, 0.2) is 43.0 Å². The van der Waals surface area contributed by atoms with E-state index in [9.17, 15) is 4.39 Å². The molecule has 1 aromatic heterocycles. The zero-order chi connectivity index (χ0) is 11.2. The van der Waals surface area contributed by atoms with Crippen LogP contribution in [0.25, 0.3) is 0 Å². The van der Waals surface area contributed by atoms with Crippen LogP contribution in [0.1, 0.15) is 11.1 Å². The molecule has 0 aliphatic heterocycles. The molecule has 1 heterocycles. The molecule has 1 N–H and O–H groups in total. The maximum Gasteiger partial charge on any atom is 0.123 e. The van der Waals surface area contributed by atoms with E-state index in [1.165, 1.54) is 18.5 Å². The lowest BCUT2D eigenvalue weighted by molar-refractivity contribution is 0.620. The van der Waals surface area contributed by atoms with Gasteiger partial charge in [0.05, 0.1) is 0 Å². The molecule has 0 saturated heterocycles. The lowest BCUT2D eigenvalue weighted by Crippen LogP contribution is -2.13. The van der Waals surface area contributed by atoms with Crippen molar-refractivity contribution in [3.05, 3.63) is 59.9 Å². The molecule has 0 aliphatic rings. The van der Waals surface area contributed by atoms with Crippen molar-refractivity contribution in [2.24, 2.45) is 0 Å². The van der Waals surface area contributed by atoms with E-state index in [2.05, 4.69) is 15.3 Å². The van der Waals surface area contributed by atoms with Crippen LogP contribution in [0.2, 0.25) is 0 Å². The topological polar surface area (TPSA) is 37.8 Å². The number of aromatic nitrogens is 2. The summed E-state index contributed by atoms with van der Waals surface area (Å²) < 4.78 is 12.9. The van der Waals surface area contributed by atoms with Gasteiger partial charge in [0.15, 0.2) is 0 Å². The lowest BCUT2D eigenvalue weighted by atomic mass is 10.2. The smallest absolute Gasteiger partial charge is 0.123 e. The van der Waals surface area contributed by atoms with Crippen LogP contribution < -0.4 is 5.32 Å². The van der Waals surface area contributed by atoms with Gasteiger partial charge in [0, 0.05) is 31.0 Å². The van der Waals surface area contributed by atoms with Crippen LogP contribution in [0, 0.1) is 5.82 Å². The maximum atomic E-state index is 12.9. The molecule has 2 aromatic rings. The van der Waals surface area contributed by atoms with Gasteiger partial charge in [-0.05, 0) is 17.7 Å². The van der Waals surface area contributed by atoms with Crippen LogP contribution >= 0.6 is 0 Å². The Labute approximate surface area is 93.4 Å². The van der Waals surface area contributed by atoms with E-state index < -0.39 is 0 Å². The van der Waals surface area contributed by atoms with Gasteiger partial charge in [-0.3, -0.25) is 0 Å². The van der Waals surface area contributed by atoms with E-state index in [4.69, 9.17) is 0 Å². The lowest BCUT2D eigenvalue weighted by Gasteiger charge is -2.04. The van der Waals surface area contributed by atoms with Gasteiger partial charge in [-0.1, -0.05) is 12.1 Å². The highest BCUT2D eigenvalue weighted by atomic mass is 19.1. The van der Waals surface area contributed by atoms with Crippen molar-refractivity contribution in [3.63, 3.8) is 0 Å². The zero-order valence-electron chi connectivity index (χ0n) is 8.73. The quantitative estimate of drug-likeness (QED) is 0.850. The van der Waals surface area contributed by atoms with Crippen molar-refractivity contribution in [2.45, 2.75) is 13.1 Å². The Bertz CT molecular complexity index is 445. The molecule has 0 amide bonds. The number of rotatable bonds is 4. The van der Waals surface area contributed by atoms with Crippen LogP contribution in [-0.4, -0.2) is 9.97 Å². The highest BCUT2D eigenvalue weighted by Gasteiger charge is 1.96. The molecule has 3 nitrogen and oxygen atoms in total. The van der Waals surface area contributed by atoms with Gasteiger partial charge in [-0.2, -0.15) is 0 Å². The normalized spacial score (nSPS) is 10.3. The fraction of sp³-hybridized carbons (Fsp3) is 0.167. The molecule has 16 heavy (non-hydrogen) atoms. The molecule has 0 aliphatic carbocycles. The number of benzene rings is 1.